The minimum atomic E-state index is 0.741. The lowest BCUT2D eigenvalue weighted by atomic mass is 10.2. The Kier molecular flexibility index (Phi) is 2.82. The van der Waals surface area contributed by atoms with Crippen molar-refractivity contribution in [2.75, 3.05) is 5.32 Å². The number of nitrogens with one attached hydrogen (secondary N) is 1. The van der Waals surface area contributed by atoms with E-state index in [-0.39, 0.29) is 0 Å². The molecule has 0 aliphatic heterocycles. The highest BCUT2D eigenvalue weighted by atomic mass is 32.1. The zero-order valence-corrected chi connectivity index (χ0v) is 12.3. The van der Waals surface area contributed by atoms with E-state index in [0.29, 0.717) is 0 Å². The van der Waals surface area contributed by atoms with E-state index in [1.807, 2.05) is 7.05 Å². The van der Waals surface area contributed by atoms with E-state index in [2.05, 4.69) is 50.0 Å². The first-order valence-corrected chi connectivity index (χ1v) is 7.52. The number of hydrogen-bond acceptors (Lipinski definition) is 5. The molecule has 4 aromatic rings. The molecule has 0 atom stereocenters. The maximum absolute atomic E-state index is 4.33. The Morgan fingerprint density at radius 2 is 2.10 bits per heavy atom. The van der Waals surface area contributed by atoms with Crippen LogP contribution in [0.2, 0.25) is 0 Å². The first kappa shape index (κ1) is 12.3. The van der Waals surface area contributed by atoms with Crippen molar-refractivity contribution in [3.8, 4) is 0 Å². The number of benzene rings is 1. The van der Waals surface area contributed by atoms with Gasteiger partial charge in [0.1, 0.15) is 12.1 Å². The van der Waals surface area contributed by atoms with Crippen molar-refractivity contribution in [3.63, 3.8) is 0 Å². The largest absolute Gasteiger partial charge is 0.365 e. The SMILES string of the molecule is Cn1ncc2c(NCc3csc4ccccc34)ncnc21. The molecule has 6 heteroatoms. The van der Waals surface area contributed by atoms with Crippen molar-refractivity contribution in [2.24, 2.45) is 7.05 Å². The zero-order chi connectivity index (χ0) is 14.2. The summed E-state index contributed by atoms with van der Waals surface area (Å²) in [6.45, 7) is 0.741. The van der Waals surface area contributed by atoms with Gasteiger partial charge in [-0.2, -0.15) is 5.10 Å². The van der Waals surface area contributed by atoms with Crippen LogP contribution in [0.25, 0.3) is 21.1 Å². The number of hydrogen-bond donors (Lipinski definition) is 1. The molecule has 0 radical (unpaired) electrons. The van der Waals surface area contributed by atoms with Gasteiger partial charge in [0.2, 0.25) is 0 Å². The lowest BCUT2D eigenvalue weighted by Crippen LogP contribution is -2.02. The summed E-state index contributed by atoms with van der Waals surface area (Å²) in [5.41, 5.74) is 2.12. The van der Waals surface area contributed by atoms with E-state index in [4.69, 9.17) is 0 Å². The fourth-order valence-corrected chi connectivity index (χ4v) is 3.41. The summed E-state index contributed by atoms with van der Waals surface area (Å²) < 4.78 is 3.06. The molecule has 0 unspecified atom stereocenters. The molecule has 0 bridgehead atoms. The lowest BCUT2D eigenvalue weighted by Gasteiger charge is -2.05. The highest BCUT2D eigenvalue weighted by Gasteiger charge is 2.08. The third-order valence-electron chi connectivity index (χ3n) is 3.54. The van der Waals surface area contributed by atoms with E-state index < -0.39 is 0 Å². The van der Waals surface area contributed by atoms with E-state index in [1.165, 1.54) is 15.6 Å². The van der Waals surface area contributed by atoms with Crippen LogP contribution >= 0.6 is 11.3 Å². The molecule has 0 spiro atoms. The lowest BCUT2D eigenvalue weighted by molar-refractivity contribution is 0.785. The zero-order valence-electron chi connectivity index (χ0n) is 11.4. The van der Waals surface area contributed by atoms with Gasteiger partial charge in [0, 0.05) is 18.3 Å². The number of aromatic nitrogens is 4. The van der Waals surface area contributed by atoms with Crippen molar-refractivity contribution in [3.05, 3.63) is 47.7 Å². The van der Waals surface area contributed by atoms with Gasteiger partial charge >= 0.3 is 0 Å². The van der Waals surface area contributed by atoms with Crippen LogP contribution in [0.5, 0.6) is 0 Å². The van der Waals surface area contributed by atoms with Crippen LogP contribution in [0.15, 0.2) is 42.2 Å². The summed E-state index contributed by atoms with van der Waals surface area (Å²) in [6.07, 6.45) is 3.36. The molecule has 0 fully saturated rings. The van der Waals surface area contributed by atoms with Gasteiger partial charge in [-0.3, -0.25) is 4.68 Å². The third kappa shape index (κ3) is 2.04. The Bertz CT molecular complexity index is 924. The van der Waals surface area contributed by atoms with Gasteiger partial charge in [-0.25, -0.2) is 9.97 Å². The first-order valence-electron chi connectivity index (χ1n) is 6.64. The fourth-order valence-electron chi connectivity index (χ4n) is 2.45. The Hall–Kier alpha value is -2.47. The Labute approximate surface area is 125 Å². The van der Waals surface area contributed by atoms with Crippen LogP contribution in [0.3, 0.4) is 0 Å². The number of thiophene rings is 1. The molecule has 3 aromatic heterocycles. The van der Waals surface area contributed by atoms with Gasteiger partial charge in [-0.05, 0) is 22.4 Å². The van der Waals surface area contributed by atoms with E-state index in [1.54, 1.807) is 28.5 Å². The van der Waals surface area contributed by atoms with E-state index in [9.17, 15) is 0 Å². The predicted molar refractivity (Wildman–Crippen MR) is 85.5 cm³/mol. The third-order valence-corrected chi connectivity index (χ3v) is 4.55. The molecule has 104 valence electrons. The van der Waals surface area contributed by atoms with E-state index >= 15 is 0 Å². The minimum absolute atomic E-state index is 0.741. The normalized spacial score (nSPS) is 11.3. The molecule has 0 saturated carbocycles. The average molecular weight is 295 g/mol. The summed E-state index contributed by atoms with van der Waals surface area (Å²) in [5, 5.41) is 12.1. The van der Waals surface area contributed by atoms with Crippen molar-refractivity contribution < 1.29 is 0 Å². The molecule has 1 aromatic carbocycles. The molecular formula is C15H13N5S. The van der Waals surface area contributed by atoms with Crippen molar-refractivity contribution in [1.82, 2.24) is 19.7 Å². The summed E-state index contributed by atoms with van der Waals surface area (Å²) in [4.78, 5) is 8.58. The van der Waals surface area contributed by atoms with Gasteiger partial charge in [0.15, 0.2) is 5.65 Å². The van der Waals surface area contributed by atoms with Crippen molar-refractivity contribution >= 4 is 38.3 Å². The molecule has 0 amide bonds. The Balaban J connectivity index is 1.66. The summed E-state index contributed by atoms with van der Waals surface area (Å²) >= 11 is 1.77. The Morgan fingerprint density at radius 3 is 3.05 bits per heavy atom. The fraction of sp³-hybridized carbons (Fsp3) is 0.133. The standard InChI is InChI=1S/C15H13N5S/c1-20-15-12(7-19-20)14(17-9-18-15)16-6-10-8-21-13-5-3-2-4-11(10)13/h2-5,7-9H,6H2,1H3,(H,16,17,18). The summed E-state index contributed by atoms with van der Waals surface area (Å²) in [6, 6.07) is 8.44. The monoisotopic (exact) mass is 295 g/mol. The second-order valence-electron chi connectivity index (χ2n) is 4.84. The molecule has 21 heavy (non-hydrogen) atoms. The van der Waals surface area contributed by atoms with E-state index in [0.717, 1.165) is 23.4 Å². The highest BCUT2D eigenvalue weighted by molar-refractivity contribution is 7.17. The topological polar surface area (TPSA) is 55.6 Å². The number of fused-ring (bicyclic) bond motifs is 2. The van der Waals surface area contributed by atoms with Crippen LogP contribution in [0.4, 0.5) is 5.82 Å². The maximum atomic E-state index is 4.33. The Morgan fingerprint density at radius 1 is 1.19 bits per heavy atom. The van der Waals surface area contributed by atoms with Crippen LogP contribution in [0, 0.1) is 0 Å². The van der Waals surface area contributed by atoms with Crippen LogP contribution in [-0.4, -0.2) is 19.7 Å². The molecule has 0 saturated heterocycles. The molecule has 3 heterocycles. The summed E-state index contributed by atoms with van der Waals surface area (Å²) in [5.74, 6) is 0.823. The smallest absolute Gasteiger partial charge is 0.163 e. The van der Waals surface area contributed by atoms with Gasteiger partial charge < -0.3 is 5.32 Å². The van der Waals surface area contributed by atoms with Gasteiger partial charge in [-0.1, -0.05) is 18.2 Å². The van der Waals surface area contributed by atoms with Gasteiger partial charge in [0.05, 0.1) is 11.6 Å². The molecular weight excluding hydrogens is 282 g/mol. The summed E-state index contributed by atoms with van der Waals surface area (Å²) in [7, 11) is 1.88. The average Bonchev–Trinajstić information content (AvgIpc) is 3.10. The second-order valence-corrected chi connectivity index (χ2v) is 5.75. The van der Waals surface area contributed by atoms with Gasteiger partial charge in [0.25, 0.3) is 0 Å². The molecule has 0 aliphatic rings. The van der Waals surface area contributed by atoms with Gasteiger partial charge in [-0.15, -0.1) is 11.3 Å². The maximum Gasteiger partial charge on any atom is 0.163 e. The highest BCUT2D eigenvalue weighted by Crippen LogP contribution is 2.26. The van der Waals surface area contributed by atoms with Crippen LogP contribution < -0.4 is 5.32 Å². The first-order chi connectivity index (χ1) is 10.3. The van der Waals surface area contributed by atoms with Crippen LogP contribution in [0.1, 0.15) is 5.56 Å². The minimum Gasteiger partial charge on any atom is -0.365 e. The number of rotatable bonds is 3. The van der Waals surface area contributed by atoms with Crippen molar-refractivity contribution in [2.45, 2.75) is 6.54 Å². The molecule has 1 N–H and O–H groups in total. The molecule has 0 aliphatic carbocycles. The predicted octanol–water partition coefficient (Wildman–Crippen LogP) is 3.19. The second kappa shape index (κ2) is 4.82. The van der Waals surface area contributed by atoms with Crippen LogP contribution in [-0.2, 0) is 13.6 Å². The quantitative estimate of drug-likeness (QED) is 0.630. The molecule has 5 nitrogen and oxygen atoms in total. The van der Waals surface area contributed by atoms with Crippen molar-refractivity contribution in [1.29, 1.82) is 0 Å². The number of nitrogens with zero attached hydrogens (tertiary/aromatic N) is 4. The molecule has 4 rings (SSSR count). The number of aryl methyl sites for hydroxylation is 1. The number of anilines is 1.